The minimum absolute atomic E-state index is 0. The fourth-order valence-electron chi connectivity index (χ4n) is 3.91. The van der Waals surface area contributed by atoms with Gasteiger partial charge in [-0.15, -0.1) is 0 Å². The number of allylic oxidation sites excluding steroid dienone is 5. The van der Waals surface area contributed by atoms with E-state index in [4.69, 9.17) is 0 Å². The Morgan fingerprint density at radius 3 is 2.50 bits per heavy atom. The number of anilines is 1. The molecule has 3 rings (SSSR count). The van der Waals surface area contributed by atoms with Gasteiger partial charge in [-0.05, 0) is 44.2 Å². The number of para-hydroxylation sites is 1. The van der Waals surface area contributed by atoms with Gasteiger partial charge in [-0.2, -0.15) is 8.91 Å². The van der Waals surface area contributed by atoms with Gasteiger partial charge in [0, 0.05) is 46.7 Å². The quantitative estimate of drug-likeness (QED) is 0.0809. The molecule has 0 aliphatic carbocycles. The van der Waals surface area contributed by atoms with Crippen LogP contribution in [0.4, 0.5) is 11.4 Å². The Labute approximate surface area is 238 Å². The van der Waals surface area contributed by atoms with Crippen molar-refractivity contribution in [2.75, 3.05) is 17.6 Å². The van der Waals surface area contributed by atoms with Crippen LogP contribution in [0.3, 0.4) is 0 Å². The summed E-state index contributed by atoms with van der Waals surface area (Å²) in [6, 6.07) is 15.4. The van der Waals surface area contributed by atoms with Crippen LogP contribution < -0.4 is 40.1 Å². The molecule has 1 N–H and O–H groups in total. The van der Waals surface area contributed by atoms with Crippen molar-refractivity contribution in [3.8, 4) is 0 Å². The van der Waals surface area contributed by atoms with E-state index in [0.29, 0.717) is 11.4 Å². The molecule has 2 aromatic rings. The van der Waals surface area contributed by atoms with Crippen molar-refractivity contribution in [1.29, 1.82) is 0 Å². The van der Waals surface area contributed by atoms with Gasteiger partial charge in [-0.1, -0.05) is 36.4 Å². The molecule has 8 nitrogen and oxygen atoms in total. The van der Waals surface area contributed by atoms with E-state index in [-0.39, 0.29) is 36.0 Å². The van der Waals surface area contributed by atoms with Crippen LogP contribution in [0.1, 0.15) is 25.8 Å². The molecular formula is C25H27N2NaO6S2. The smallest absolute Gasteiger partial charge is 0.748 e. The van der Waals surface area contributed by atoms with E-state index >= 15 is 0 Å². The van der Waals surface area contributed by atoms with Gasteiger partial charge in [0.25, 0.3) is 0 Å². The van der Waals surface area contributed by atoms with Crippen LogP contribution >= 0.6 is 12.0 Å². The first-order chi connectivity index (χ1) is 16.7. The SMILES string of the molecule is CC1(C)C(/C=C/C=C/C=C/Nc2ccccc2)=[N+](CCCS(=O)(=O)[O-])c2ccc(SOO[O-])cc21.[Na+]. The summed E-state index contributed by atoms with van der Waals surface area (Å²) in [4.78, 5) is 0.691. The number of nitrogens with one attached hydrogen (secondary N) is 1. The predicted molar refractivity (Wildman–Crippen MR) is 134 cm³/mol. The van der Waals surface area contributed by atoms with Crippen molar-refractivity contribution in [3.63, 3.8) is 0 Å². The molecule has 1 aliphatic rings. The van der Waals surface area contributed by atoms with Crippen molar-refractivity contribution in [2.24, 2.45) is 0 Å². The first kappa shape index (κ1) is 30.5. The molecular weight excluding hydrogens is 511 g/mol. The number of rotatable bonds is 12. The van der Waals surface area contributed by atoms with Crippen molar-refractivity contribution < 1.29 is 61.7 Å². The maximum atomic E-state index is 11.1. The molecule has 0 atom stereocenters. The summed E-state index contributed by atoms with van der Waals surface area (Å²) in [6.07, 6.45) is 11.6. The fraction of sp³-hybridized carbons (Fsp3) is 0.240. The second kappa shape index (κ2) is 14.3. The van der Waals surface area contributed by atoms with E-state index in [2.05, 4.69) is 28.5 Å². The van der Waals surface area contributed by atoms with Crippen molar-refractivity contribution >= 4 is 39.2 Å². The third-order valence-corrected chi connectivity index (χ3v) is 6.86. The van der Waals surface area contributed by atoms with Gasteiger partial charge < -0.3 is 15.1 Å². The molecule has 0 spiro atoms. The van der Waals surface area contributed by atoms with E-state index in [1.54, 1.807) is 6.07 Å². The zero-order chi connectivity index (χ0) is 25.3. The number of hydrogen-bond acceptors (Lipinski definition) is 8. The molecule has 36 heavy (non-hydrogen) atoms. The maximum Gasteiger partial charge on any atom is 1.00 e. The zero-order valence-corrected chi connectivity index (χ0v) is 24.1. The van der Waals surface area contributed by atoms with Gasteiger partial charge in [0.05, 0.1) is 27.6 Å². The van der Waals surface area contributed by atoms with E-state index < -0.39 is 21.3 Å². The monoisotopic (exact) mass is 538 g/mol. The van der Waals surface area contributed by atoms with Crippen LogP contribution in [0.25, 0.3) is 0 Å². The van der Waals surface area contributed by atoms with Crippen LogP contribution in [0.5, 0.6) is 0 Å². The van der Waals surface area contributed by atoms with Gasteiger partial charge in [0.1, 0.15) is 6.54 Å². The van der Waals surface area contributed by atoms with Crippen molar-refractivity contribution in [1.82, 2.24) is 0 Å². The van der Waals surface area contributed by atoms with Crippen LogP contribution in [0, 0.1) is 0 Å². The largest absolute Gasteiger partial charge is 1.00 e. The van der Waals surface area contributed by atoms with Crippen LogP contribution in [0.2, 0.25) is 0 Å². The van der Waals surface area contributed by atoms with Crippen molar-refractivity contribution in [3.05, 3.63) is 90.7 Å². The molecule has 186 valence electrons. The molecule has 1 heterocycles. The number of fused-ring (bicyclic) bond motifs is 1. The Morgan fingerprint density at radius 1 is 1.08 bits per heavy atom. The molecule has 1 aliphatic heterocycles. The summed E-state index contributed by atoms with van der Waals surface area (Å²) in [5.41, 5.74) is 3.42. The summed E-state index contributed by atoms with van der Waals surface area (Å²) in [7, 11) is -4.30. The Hall–Kier alpha value is -1.73. The first-order valence-corrected chi connectivity index (χ1v) is 13.2. The minimum atomic E-state index is -4.30. The first-order valence-electron chi connectivity index (χ1n) is 10.9. The van der Waals surface area contributed by atoms with Gasteiger partial charge in [-0.25, -0.2) is 8.42 Å². The number of nitrogens with zero attached hydrogens (tertiary/aromatic N) is 1. The molecule has 0 bridgehead atoms. The minimum Gasteiger partial charge on any atom is -0.748 e. The molecule has 0 unspecified atom stereocenters. The topological polar surface area (TPSA) is 114 Å². The van der Waals surface area contributed by atoms with E-state index in [1.807, 2.05) is 83.6 Å². The predicted octanol–water partition coefficient (Wildman–Crippen LogP) is 0.971. The molecule has 0 amide bonds. The summed E-state index contributed by atoms with van der Waals surface area (Å²) in [6.45, 7) is 4.49. The molecule has 11 heteroatoms. The summed E-state index contributed by atoms with van der Waals surface area (Å²) in [5, 5.41) is 16.8. The van der Waals surface area contributed by atoms with Gasteiger partial charge in [0.15, 0.2) is 5.71 Å². The molecule has 0 radical (unpaired) electrons. The van der Waals surface area contributed by atoms with E-state index in [0.717, 1.165) is 34.7 Å². The summed E-state index contributed by atoms with van der Waals surface area (Å²) >= 11 is 0.812. The average Bonchev–Trinajstić information content (AvgIpc) is 3.03. The van der Waals surface area contributed by atoms with Gasteiger partial charge in [0.2, 0.25) is 5.69 Å². The average molecular weight is 539 g/mol. The third-order valence-electron chi connectivity index (χ3n) is 5.50. The molecule has 2 aromatic carbocycles. The summed E-state index contributed by atoms with van der Waals surface area (Å²) < 4.78 is 39.8. The van der Waals surface area contributed by atoms with Crippen LogP contribution in [-0.2, 0) is 24.9 Å². The Balaban J connectivity index is 0.00000456. The third kappa shape index (κ3) is 8.69. The Kier molecular flexibility index (Phi) is 12.1. The molecule has 0 saturated carbocycles. The maximum absolute atomic E-state index is 11.1. The second-order valence-electron chi connectivity index (χ2n) is 8.29. The summed E-state index contributed by atoms with van der Waals surface area (Å²) in [5.74, 6) is -0.433. The van der Waals surface area contributed by atoms with Crippen LogP contribution in [-0.4, -0.2) is 35.6 Å². The van der Waals surface area contributed by atoms with E-state index in [9.17, 15) is 18.2 Å². The zero-order valence-electron chi connectivity index (χ0n) is 20.4. The number of hydrogen-bond donors (Lipinski definition) is 1. The van der Waals surface area contributed by atoms with Crippen molar-refractivity contribution in [2.45, 2.75) is 30.6 Å². The molecule has 0 aromatic heterocycles. The normalized spacial score (nSPS) is 15.1. The fourth-order valence-corrected chi connectivity index (χ4v) is 4.79. The Bertz CT molecular complexity index is 1240. The second-order valence-corrected chi connectivity index (χ2v) is 10.6. The van der Waals surface area contributed by atoms with Crippen LogP contribution in [0.15, 0.2) is 90.0 Å². The molecule has 0 fully saturated rings. The number of benzene rings is 2. The van der Waals surface area contributed by atoms with E-state index in [1.165, 1.54) is 0 Å². The van der Waals surface area contributed by atoms with Gasteiger partial charge in [-0.3, -0.25) is 5.04 Å². The standard InChI is InChI=1S/C25H28N2O6S2.Na/c1-25(2)22-19-21(34-33-32-28)14-15-23(22)27(17-10-18-35(29,30)31)24(25)13-8-3-4-9-16-26-20-11-6-5-7-12-20;/h3-9,11-16,19H,10,17-18H2,1-2H3,(H2,28,29,30,31);/q;+1/p-1. The molecule has 0 saturated heterocycles. The van der Waals surface area contributed by atoms with Gasteiger partial charge >= 0.3 is 29.6 Å². The Morgan fingerprint density at radius 2 is 1.81 bits per heavy atom.